The molecule has 0 spiro atoms. The van der Waals surface area contributed by atoms with Gasteiger partial charge in [0.1, 0.15) is 10.9 Å². The highest BCUT2D eigenvalue weighted by atomic mass is 35.5. The fraction of sp³-hybridized carbons (Fsp3) is 0.300. The van der Waals surface area contributed by atoms with E-state index in [0.29, 0.717) is 11.4 Å². The van der Waals surface area contributed by atoms with Gasteiger partial charge in [-0.05, 0) is 55.7 Å². The van der Waals surface area contributed by atoms with Gasteiger partial charge in [0, 0.05) is 37.0 Å². The summed E-state index contributed by atoms with van der Waals surface area (Å²) in [4.78, 5) is 41.5. The molecular weight excluding hydrogens is 550 g/mol. The molecule has 8 nitrogen and oxygen atoms in total. The fourth-order valence-corrected chi connectivity index (χ4v) is 6.42. The Morgan fingerprint density at radius 1 is 0.925 bits per heavy atom. The van der Waals surface area contributed by atoms with Gasteiger partial charge in [-0.1, -0.05) is 66.2 Å². The normalized spacial score (nSPS) is 14.6. The second kappa shape index (κ2) is 12.7. The van der Waals surface area contributed by atoms with Gasteiger partial charge in [-0.15, -0.1) is 0 Å². The van der Waals surface area contributed by atoms with Crippen molar-refractivity contribution in [2.24, 2.45) is 0 Å². The van der Waals surface area contributed by atoms with Gasteiger partial charge in [-0.2, -0.15) is 0 Å². The number of hydrogen-bond acceptors (Lipinski definition) is 5. The molecule has 10 heteroatoms. The van der Waals surface area contributed by atoms with Gasteiger partial charge in [-0.25, -0.2) is 12.7 Å². The zero-order chi connectivity index (χ0) is 28.9. The van der Waals surface area contributed by atoms with Crippen LogP contribution in [-0.2, 0) is 32.6 Å². The van der Waals surface area contributed by atoms with Crippen molar-refractivity contribution in [1.82, 2.24) is 14.5 Å². The van der Waals surface area contributed by atoms with Gasteiger partial charge in [0.15, 0.2) is 0 Å². The lowest BCUT2D eigenvalue weighted by Gasteiger charge is -2.32. The maximum absolute atomic E-state index is 13.7. The molecule has 40 heavy (non-hydrogen) atoms. The molecule has 4 rings (SSSR count). The average molecular weight is 582 g/mol. The number of hydrogen-bond donors (Lipinski definition) is 1. The minimum atomic E-state index is -3.97. The highest BCUT2D eigenvalue weighted by molar-refractivity contribution is 7.90. The van der Waals surface area contributed by atoms with E-state index in [4.69, 9.17) is 11.6 Å². The zero-order valence-electron chi connectivity index (χ0n) is 22.4. The molecule has 3 aromatic carbocycles. The summed E-state index contributed by atoms with van der Waals surface area (Å²) in [5.41, 5.74) is 1.82. The Bertz CT molecular complexity index is 1480. The predicted molar refractivity (Wildman–Crippen MR) is 153 cm³/mol. The molecule has 0 radical (unpaired) electrons. The lowest BCUT2D eigenvalue weighted by atomic mass is 10.0. The molecule has 0 fully saturated rings. The Morgan fingerprint density at radius 3 is 2.23 bits per heavy atom. The first kappa shape index (κ1) is 29.3. The van der Waals surface area contributed by atoms with Gasteiger partial charge in [0.05, 0.1) is 5.56 Å². The average Bonchev–Trinajstić information content (AvgIpc) is 3.12. The second-order valence-electron chi connectivity index (χ2n) is 10.00. The van der Waals surface area contributed by atoms with Crippen LogP contribution in [0.3, 0.4) is 0 Å². The number of carbonyl (C=O) groups excluding carboxylic acids is 3. The van der Waals surface area contributed by atoms with Crippen LogP contribution < -0.4 is 5.32 Å². The third kappa shape index (κ3) is 6.71. The molecule has 0 bridgehead atoms. The van der Waals surface area contributed by atoms with Crippen molar-refractivity contribution < 1.29 is 22.8 Å². The molecule has 1 aliphatic heterocycles. The van der Waals surface area contributed by atoms with Gasteiger partial charge in [0.2, 0.25) is 11.8 Å². The summed E-state index contributed by atoms with van der Waals surface area (Å²) < 4.78 is 26.7. The fourth-order valence-electron chi connectivity index (χ4n) is 4.69. The van der Waals surface area contributed by atoms with Crippen molar-refractivity contribution in [2.75, 3.05) is 6.54 Å². The van der Waals surface area contributed by atoms with Crippen LogP contribution in [0.5, 0.6) is 0 Å². The molecule has 0 saturated heterocycles. The van der Waals surface area contributed by atoms with Crippen molar-refractivity contribution in [3.05, 3.63) is 101 Å². The molecule has 210 valence electrons. The number of rotatable bonds is 11. The first-order valence-corrected chi connectivity index (χ1v) is 14.9. The van der Waals surface area contributed by atoms with Crippen molar-refractivity contribution in [3.8, 4) is 0 Å². The topological polar surface area (TPSA) is 104 Å². The van der Waals surface area contributed by atoms with Gasteiger partial charge < -0.3 is 10.2 Å². The van der Waals surface area contributed by atoms with E-state index in [1.54, 1.807) is 36.4 Å². The van der Waals surface area contributed by atoms with Crippen molar-refractivity contribution >= 4 is 39.3 Å². The number of nitrogens with one attached hydrogen (secondary N) is 1. The number of benzene rings is 3. The Kier molecular flexibility index (Phi) is 9.27. The van der Waals surface area contributed by atoms with Crippen molar-refractivity contribution in [2.45, 2.75) is 56.6 Å². The monoisotopic (exact) mass is 581 g/mol. The molecule has 0 aromatic heterocycles. The number of amides is 3. The summed E-state index contributed by atoms with van der Waals surface area (Å²) in [6, 6.07) is 21.6. The lowest BCUT2D eigenvalue weighted by Crippen LogP contribution is -2.51. The largest absolute Gasteiger partial charge is 0.352 e. The standard InChI is InChI=1S/C30H32ClN3O5S/c1-21(2)32-29(36)26(19-22-9-4-3-5-10-22)33(20-23-14-16-24(31)17-15-23)28(35)13-8-18-34-30(37)25-11-6-7-12-27(25)40(34,38)39/h3-7,9-12,14-17,21,26H,8,13,18-20H2,1-2H3,(H,32,36). The molecule has 1 aliphatic rings. The molecule has 0 saturated carbocycles. The van der Waals surface area contributed by atoms with Gasteiger partial charge in [0.25, 0.3) is 15.9 Å². The van der Waals surface area contributed by atoms with Crippen LogP contribution in [-0.4, -0.2) is 54.0 Å². The van der Waals surface area contributed by atoms with E-state index in [0.717, 1.165) is 15.4 Å². The summed E-state index contributed by atoms with van der Waals surface area (Å²) in [5, 5.41) is 3.49. The van der Waals surface area contributed by atoms with E-state index >= 15 is 0 Å². The zero-order valence-corrected chi connectivity index (χ0v) is 24.0. The van der Waals surface area contributed by atoms with E-state index in [9.17, 15) is 22.8 Å². The van der Waals surface area contributed by atoms with Crippen molar-refractivity contribution in [3.63, 3.8) is 0 Å². The van der Waals surface area contributed by atoms with Crippen molar-refractivity contribution in [1.29, 1.82) is 0 Å². The molecule has 1 N–H and O–H groups in total. The van der Waals surface area contributed by atoms with E-state index in [1.807, 2.05) is 44.2 Å². The maximum Gasteiger partial charge on any atom is 0.269 e. The Labute approximate surface area is 240 Å². The predicted octanol–water partition coefficient (Wildman–Crippen LogP) is 4.43. The lowest BCUT2D eigenvalue weighted by molar-refractivity contribution is -0.141. The summed E-state index contributed by atoms with van der Waals surface area (Å²) in [6.07, 6.45) is 0.356. The molecule has 1 unspecified atom stereocenters. The first-order valence-electron chi connectivity index (χ1n) is 13.1. The molecule has 1 atom stereocenters. The summed E-state index contributed by atoms with van der Waals surface area (Å²) in [7, 11) is -3.97. The minimum Gasteiger partial charge on any atom is -0.352 e. The van der Waals surface area contributed by atoms with Crippen LogP contribution in [0.25, 0.3) is 0 Å². The Hall–Kier alpha value is -3.69. The van der Waals surface area contributed by atoms with Crippen LogP contribution in [0.1, 0.15) is 48.2 Å². The number of fused-ring (bicyclic) bond motifs is 1. The van der Waals surface area contributed by atoms with Crippen LogP contribution in [0, 0.1) is 0 Å². The van der Waals surface area contributed by atoms with Gasteiger partial charge >= 0.3 is 0 Å². The third-order valence-electron chi connectivity index (χ3n) is 6.63. The molecule has 3 amide bonds. The van der Waals surface area contributed by atoms with Crippen LogP contribution in [0.15, 0.2) is 83.8 Å². The summed E-state index contributed by atoms with van der Waals surface area (Å²) in [6.45, 7) is 3.73. The van der Waals surface area contributed by atoms with Gasteiger partial charge in [-0.3, -0.25) is 14.4 Å². The minimum absolute atomic E-state index is 0.0241. The van der Waals surface area contributed by atoms with Crippen LogP contribution in [0.2, 0.25) is 5.02 Å². The van der Waals surface area contributed by atoms with E-state index in [1.165, 1.54) is 17.0 Å². The SMILES string of the molecule is CC(C)NC(=O)C(Cc1ccccc1)N(Cc1ccc(Cl)cc1)C(=O)CCCN1C(=O)c2ccccc2S1(=O)=O. The number of carbonyl (C=O) groups is 3. The molecule has 3 aromatic rings. The number of sulfonamides is 1. The maximum atomic E-state index is 13.7. The second-order valence-corrected chi connectivity index (χ2v) is 12.3. The first-order chi connectivity index (χ1) is 19.1. The van der Waals surface area contributed by atoms with E-state index in [2.05, 4.69) is 5.32 Å². The molecule has 0 aliphatic carbocycles. The smallest absolute Gasteiger partial charge is 0.269 e. The highest BCUT2D eigenvalue weighted by Gasteiger charge is 2.40. The quantitative estimate of drug-likeness (QED) is 0.361. The summed E-state index contributed by atoms with van der Waals surface area (Å²) >= 11 is 6.06. The highest BCUT2D eigenvalue weighted by Crippen LogP contribution is 2.30. The Morgan fingerprint density at radius 2 is 1.57 bits per heavy atom. The summed E-state index contributed by atoms with van der Waals surface area (Å²) in [5.74, 6) is -1.20. The van der Waals surface area contributed by atoms with Crippen LogP contribution >= 0.6 is 11.6 Å². The van der Waals surface area contributed by atoms with E-state index < -0.39 is 22.0 Å². The number of halogens is 1. The number of nitrogens with zero attached hydrogens (tertiary/aromatic N) is 2. The third-order valence-corrected chi connectivity index (χ3v) is 8.72. The Balaban J connectivity index is 1.56. The van der Waals surface area contributed by atoms with Crippen LogP contribution in [0.4, 0.5) is 0 Å². The molecule has 1 heterocycles. The van der Waals surface area contributed by atoms with E-state index in [-0.39, 0.29) is 54.2 Å². The molecular formula is C30H32ClN3O5S.